The van der Waals surface area contributed by atoms with Crippen LogP contribution in [0.25, 0.3) is 5.65 Å². The fourth-order valence-corrected chi connectivity index (χ4v) is 1.83. The van der Waals surface area contributed by atoms with E-state index in [-0.39, 0.29) is 0 Å². The van der Waals surface area contributed by atoms with E-state index in [1.54, 1.807) is 10.7 Å². The van der Waals surface area contributed by atoms with Crippen molar-refractivity contribution in [3.05, 3.63) is 42.4 Å². The van der Waals surface area contributed by atoms with E-state index in [9.17, 15) is 0 Å². The lowest BCUT2D eigenvalue weighted by Crippen LogP contribution is -2.11. The van der Waals surface area contributed by atoms with Gasteiger partial charge in [0.15, 0.2) is 5.65 Å². The summed E-state index contributed by atoms with van der Waals surface area (Å²) in [7, 11) is 0. The number of anilines is 1. The number of nitrogens with zero attached hydrogens (tertiary/aromatic N) is 5. The SMILES string of the molecule is Cc1cccn2nc(NCCn3cccn3)nc12. The summed E-state index contributed by atoms with van der Waals surface area (Å²) in [5.41, 5.74) is 2.00. The standard InChI is InChI=1S/C12H14N6/c1-10-4-2-8-18-11(10)15-12(16-18)13-6-9-17-7-3-5-14-17/h2-5,7-8H,6,9H2,1H3,(H,13,16). The number of aryl methyl sites for hydroxylation is 1. The summed E-state index contributed by atoms with van der Waals surface area (Å²) < 4.78 is 3.65. The normalized spacial score (nSPS) is 10.9. The molecule has 0 aliphatic carbocycles. The van der Waals surface area contributed by atoms with Crippen molar-refractivity contribution in [3.8, 4) is 0 Å². The van der Waals surface area contributed by atoms with Crippen LogP contribution in [0.3, 0.4) is 0 Å². The Morgan fingerprint density at radius 3 is 3.00 bits per heavy atom. The Morgan fingerprint density at radius 1 is 1.28 bits per heavy atom. The van der Waals surface area contributed by atoms with E-state index < -0.39 is 0 Å². The molecule has 0 unspecified atom stereocenters. The van der Waals surface area contributed by atoms with Gasteiger partial charge in [0.25, 0.3) is 0 Å². The Balaban J connectivity index is 1.69. The summed E-state index contributed by atoms with van der Waals surface area (Å²) in [4.78, 5) is 4.44. The number of aromatic nitrogens is 5. The van der Waals surface area contributed by atoms with Crippen molar-refractivity contribution < 1.29 is 0 Å². The molecule has 3 aromatic heterocycles. The van der Waals surface area contributed by atoms with Crippen molar-refractivity contribution in [2.45, 2.75) is 13.5 Å². The minimum atomic E-state index is 0.649. The van der Waals surface area contributed by atoms with Crippen molar-refractivity contribution in [1.82, 2.24) is 24.4 Å². The molecule has 0 saturated carbocycles. The Kier molecular flexibility index (Phi) is 2.68. The summed E-state index contributed by atoms with van der Waals surface area (Å²) in [5.74, 6) is 0.649. The number of rotatable bonds is 4. The topological polar surface area (TPSA) is 60.0 Å². The van der Waals surface area contributed by atoms with Crippen LogP contribution in [0.1, 0.15) is 5.56 Å². The zero-order valence-electron chi connectivity index (χ0n) is 10.1. The molecule has 0 aliphatic heterocycles. The lowest BCUT2D eigenvalue weighted by atomic mass is 10.3. The Labute approximate surface area is 104 Å². The zero-order valence-corrected chi connectivity index (χ0v) is 10.1. The monoisotopic (exact) mass is 242 g/mol. The van der Waals surface area contributed by atoms with Gasteiger partial charge < -0.3 is 5.32 Å². The summed E-state index contributed by atoms with van der Waals surface area (Å²) >= 11 is 0. The summed E-state index contributed by atoms with van der Waals surface area (Å²) in [6.45, 7) is 3.57. The van der Waals surface area contributed by atoms with Crippen molar-refractivity contribution >= 4 is 11.6 Å². The Bertz CT molecular complexity index is 640. The van der Waals surface area contributed by atoms with Gasteiger partial charge in [0.2, 0.25) is 5.95 Å². The van der Waals surface area contributed by atoms with Crippen molar-refractivity contribution in [2.75, 3.05) is 11.9 Å². The second kappa shape index (κ2) is 4.48. The summed E-state index contributed by atoms with van der Waals surface area (Å²) in [6.07, 6.45) is 5.60. The number of fused-ring (bicyclic) bond motifs is 1. The van der Waals surface area contributed by atoms with Crippen LogP contribution in [0.5, 0.6) is 0 Å². The highest BCUT2D eigenvalue weighted by molar-refractivity contribution is 5.49. The van der Waals surface area contributed by atoms with E-state index in [1.807, 2.05) is 42.2 Å². The van der Waals surface area contributed by atoms with Gasteiger partial charge in [0, 0.05) is 25.1 Å². The molecule has 18 heavy (non-hydrogen) atoms. The van der Waals surface area contributed by atoms with Crippen LogP contribution in [-0.2, 0) is 6.54 Å². The Hall–Kier alpha value is -2.37. The quantitative estimate of drug-likeness (QED) is 0.750. The lowest BCUT2D eigenvalue weighted by Gasteiger charge is -2.01. The minimum absolute atomic E-state index is 0.649. The third-order valence-electron chi connectivity index (χ3n) is 2.74. The second-order valence-corrected chi connectivity index (χ2v) is 4.09. The van der Waals surface area contributed by atoms with E-state index in [2.05, 4.69) is 20.5 Å². The van der Waals surface area contributed by atoms with Gasteiger partial charge in [0.1, 0.15) is 0 Å². The molecule has 0 saturated heterocycles. The fourth-order valence-electron chi connectivity index (χ4n) is 1.83. The molecular formula is C12H14N6. The van der Waals surface area contributed by atoms with Crippen LogP contribution < -0.4 is 5.32 Å². The van der Waals surface area contributed by atoms with Crippen LogP contribution in [0.4, 0.5) is 5.95 Å². The summed E-state index contributed by atoms with van der Waals surface area (Å²) in [5, 5.41) is 11.7. The van der Waals surface area contributed by atoms with Crippen LogP contribution in [0.15, 0.2) is 36.8 Å². The molecule has 0 spiro atoms. The van der Waals surface area contributed by atoms with Gasteiger partial charge in [-0.05, 0) is 24.6 Å². The maximum absolute atomic E-state index is 4.44. The molecule has 0 aliphatic rings. The third-order valence-corrected chi connectivity index (χ3v) is 2.74. The van der Waals surface area contributed by atoms with Crippen molar-refractivity contribution in [2.24, 2.45) is 0 Å². The molecule has 0 atom stereocenters. The molecule has 3 heterocycles. The highest BCUT2D eigenvalue weighted by atomic mass is 15.3. The molecule has 0 amide bonds. The molecule has 0 fully saturated rings. The van der Waals surface area contributed by atoms with Gasteiger partial charge in [-0.15, -0.1) is 5.10 Å². The average molecular weight is 242 g/mol. The lowest BCUT2D eigenvalue weighted by molar-refractivity contribution is 0.636. The largest absolute Gasteiger partial charge is 0.351 e. The second-order valence-electron chi connectivity index (χ2n) is 4.09. The first-order valence-corrected chi connectivity index (χ1v) is 5.86. The number of hydrogen-bond donors (Lipinski definition) is 1. The van der Waals surface area contributed by atoms with Gasteiger partial charge >= 0.3 is 0 Å². The first kappa shape index (κ1) is 10.8. The molecule has 0 radical (unpaired) electrons. The highest BCUT2D eigenvalue weighted by Crippen LogP contribution is 2.09. The molecule has 6 heteroatoms. The van der Waals surface area contributed by atoms with Gasteiger partial charge in [-0.25, -0.2) is 4.52 Å². The molecular weight excluding hydrogens is 228 g/mol. The van der Waals surface area contributed by atoms with E-state index in [4.69, 9.17) is 0 Å². The van der Waals surface area contributed by atoms with E-state index in [1.165, 1.54) is 0 Å². The molecule has 92 valence electrons. The first-order chi connectivity index (χ1) is 8.83. The maximum atomic E-state index is 4.44. The van der Waals surface area contributed by atoms with Crippen LogP contribution in [0.2, 0.25) is 0 Å². The van der Waals surface area contributed by atoms with Gasteiger partial charge in [-0.1, -0.05) is 6.07 Å². The summed E-state index contributed by atoms with van der Waals surface area (Å²) in [6, 6.07) is 5.90. The number of nitrogens with one attached hydrogen (secondary N) is 1. The van der Waals surface area contributed by atoms with E-state index in [0.717, 1.165) is 24.3 Å². The molecule has 3 rings (SSSR count). The maximum Gasteiger partial charge on any atom is 0.243 e. The molecule has 0 aromatic carbocycles. The van der Waals surface area contributed by atoms with E-state index in [0.29, 0.717) is 5.95 Å². The molecule has 3 aromatic rings. The van der Waals surface area contributed by atoms with Crippen LogP contribution in [0, 0.1) is 6.92 Å². The van der Waals surface area contributed by atoms with E-state index >= 15 is 0 Å². The fraction of sp³-hybridized carbons (Fsp3) is 0.250. The predicted octanol–water partition coefficient (Wildman–Crippen LogP) is 1.35. The number of pyridine rings is 1. The van der Waals surface area contributed by atoms with Crippen molar-refractivity contribution in [1.29, 1.82) is 0 Å². The van der Waals surface area contributed by atoms with Crippen LogP contribution in [-0.4, -0.2) is 30.9 Å². The van der Waals surface area contributed by atoms with Crippen LogP contribution >= 0.6 is 0 Å². The predicted molar refractivity (Wildman–Crippen MR) is 68.4 cm³/mol. The first-order valence-electron chi connectivity index (χ1n) is 5.86. The average Bonchev–Trinajstić information content (AvgIpc) is 2.98. The smallest absolute Gasteiger partial charge is 0.243 e. The van der Waals surface area contributed by atoms with Gasteiger partial charge in [0.05, 0.1) is 6.54 Å². The van der Waals surface area contributed by atoms with Crippen molar-refractivity contribution in [3.63, 3.8) is 0 Å². The zero-order chi connectivity index (χ0) is 12.4. The number of hydrogen-bond acceptors (Lipinski definition) is 4. The third kappa shape index (κ3) is 2.04. The Morgan fingerprint density at radius 2 is 2.22 bits per heavy atom. The molecule has 6 nitrogen and oxygen atoms in total. The van der Waals surface area contributed by atoms with Gasteiger partial charge in [-0.3, -0.25) is 4.68 Å². The van der Waals surface area contributed by atoms with Gasteiger partial charge in [-0.2, -0.15) is 10.1 Å². The highest BCUT2D eigenvalue weighted by Gasteiger charge is 2.04. The minimum Gasteiger partial charge on any atom is -0.351 e. The molecule has 1 N–H and O–H groups in total. The molecule has 0 bridgehead atoms.